The van der Waals surface area contributed by atoms with E-state index in [4.69, 9.17) is 0 Å². The molecular weight excluding hydrogens is 400 g/mol. The quantitative estimate of drug-likeness (QED) is 0.427. The second-order valence-electron chi connectivity index (χ2n) is 3.63. The van der Waals surface area contributed by atoms with Crippen molar-refractivity contribution in [3.05, 3.63) is 34.1 Å². The van der Waals surface area contributed by atoms with Crippen LogP contribution in [0.5, 0.6) is 0 Å². The van der Waals surface area contributed by atoms with Crippen molar-refractivity contribution in [2.24, 2.45) is 0 Å². The van der Waals surface area contributed by atoms with Gasteiger partial charge in [0, 0.05) is 12.1 Å². The molecule has 0 aliphatic carbocycles. The highest BCUT2D eigenvalue weighted by molar-refractivity contribution is 14.1. The summed E-state index contributed by atoms with van der Waals surface area (Å²) in [6.07, 6.45) is 3.25. The Morgan fingerprint density at radius 3 is 2.76 bits per heavy atom. The minimum absolute atomic E-state index is 0.217. The number of alkyl halides is 1. The Balaban J connectivity index is 2.39. The molecule has 1 aromatic carbocycles. The van der Waals surface area contributed by atoms with E-state index in [1.54, 1.807) is 12.1 Å². The van der Waals surface area contributed by atoms with Crippen LogP contribution in [0.25, 0.3) is 0 Å². The molecule has 0 heterocycles. The number of benzene rings is 1. The first-order chi connectivity index (χ1) is 8.15. The molecule has 0 atom stereocenters. The van der Waals surface area contributed by atoms with Crippen molar-refractivity contribution in [1.82, 2.24) is 5.32 Å². The maximum atomic E-state index is 13.2. The molecule has 0 bridgehead atoms. The minimum Gasteiger partial charge on any atom is -0.352 e. The Hall–Kier alpha value is -0.170. The molecule has 0 saturated carbocycles. The normalized spacial score (nSPS) is 10.3. The van der Waals surface area contributed by atoms with Gasteiger partial charge in [0.1, 0.15) is 5.82 Å². The number of unbranched alkanes of at least 4 members (excludes halogenated alkanes) is 2. The Kier molecular flexibility index (Phi) is 7.03. The topological polar surface area (TPSA) is 29.1 Å². The van der Waals surface area contributed by atoms with Crippen molar-refractivity contribution in [3.63, 3.8) is 0 Å². The van der Waals surface area contributed by atoms with Gasteiger partial charge in [0.2, 0.25) is 0 Å². The van der Waals surface area contributed by atoms with Crippen LogP contribution in [0.1, 0.15) is 29.6 Å². The van der Waals surface area contributed by atoms with E-state index in [0.717, 1.165) is 17.3 Å². The van der Waals surface area contributed by atoms with Crippen molar-refractivity contribution < 1.29 is 9.18 Å². The SMILES string of the molecule is O=C(NCCCCCI)c1ccc(Br)c(F)c1. The molecular formula is C12H14BrFINO. The molecule has 0 aromatic heterocycles. The van der Waals surface area contributed by atoms with E-state index in [0.29, 0.717) is 16.6 Å². The third-order valence-electron chi connectivity index (χ3n) is 2.28. The molecule has 0 spiro atoms. The van der Waals surface area contributed by atoms with Crippen LogP contribution in [-0.4, -0.2) is 16.9 Å². The van der Waals surface area contributed by atoms with Gasteiger partial charge in [0.15, 0.2) is 0 Å². The Labute approximate surface area is 123 Å². The van der Waals surface area contributed by atoms with Crippen LogP contribution >= 0.6 is 38.5 Å². The average molecular weight is 414 g/mol. The number of nitrogens with one attached hydrogen (secondary N) is 1. The van der Waals surface area contributed by atoms with Crippen LogP contribution in [0.4, 0.5) is 4.39 Å². The smallest absolute Gasteiger partial charge is 0.251 e. The summed E-state index contributed by atoms with van der Waals surface area (Å²) in [6, 6.07) is 4.39. The third-order valence-corrected chi connectivity index (χ3v) is 3.68. The van der Waals surface area contributed by atoms with Gasteiger partial charge in [-0.25, -0.2) is 4.39 Å². The second kappa shape index (κ2) is 8.02. The summed E-state index contributed by atoms with van der Waals surface area (Å²) in [4.78, 5) is 11.6. The van der Waals surface area contributed by atoms with Gasteiger partial charge < -0.3 is 5.32 Å². The van der Waals surface area contributed by atoms with Gasteiger partial charge in [-0.05, 0) is 51.4 Å². The summed E-state index contributed by atoms with van der Waals surface area (Å²) in [5, 5.41) is 2.78. The maximum Gasteiger partial charge on any atom is 0.251 e. The number of hydrogen-bond donors (Lipinski definition) is 1. The Morgan fingerprint density at radius 1 is 1.35 bits per heavy atom. The van der Waals surface area contributed by atoms with Gasteiger partial charge in [-0.2, -0.15) is 0 Å². The lowest BCUT2D eigenvalue weighted by Gasteiger charge is -2.05. The average Bonchev–Trinajstić information content (AvgIpc) is 2.32. The van der Waals surface area contributed by atoms with E-state index >= 15 is 0 Å². The number of hydrogen-bond acceptors (Lipinski definition) is 1. The Bertz CT molecular complexity index is 387. The van der Waals surface area contributed by atoms with Crippen molar-refractivity contribution in [2.75, 3.05) is 11.0 Å². The van der Waals surface area contributed by atoms with Gasteiger partial charge in [0.25, 0.3) is 5.91 Å². The van der Waals surface area contributed by atoms with Gasteiger partial charge in [-0.15, -0.1) is 0 Å². The molecule has 0 aliphatic heterocycles. The van der Waals surface area contributed by atoms with Gasteiger partial charge in [-0.3, -0.25) is 4.79 Å². The molecule has 1 rings (SSSR count). The lowest BCUT2D eigenvalue weighted by molar-refractivity contribution is 0.0952. The second-order valence-corrected chi connectivity index (χ2v) is 5.57. The Morgan fingerprint density at radius 2 is 2.12 bits per heavy atom. The fourth-order valence-electron chi connectivity index (χ4n) is 1.34. The molecule has 2 nitrogen and oxygen atoms in total. The van der Waals surface area contributed by atoms with E-state index in [1.165, 1.54) is 12.5 Å². The molecule has 1 N–H and O–H groups in total. The van der Waals surface area contributed by atoms with Gasteiger partial charge in [-0.1, -0.05) is 29.0 Å². The first-order valence-electron chi connectivity index (χ1n) is 5.44. The minimum atomic E-state index is -0.414. The van der Waals surface area contributed by atoms with E-state index in [-0.39, 0.29) is 5.91 Å². The van der Waals surface area contributed by atoms with Crippen molar-refractivity contribution in [1.29, 1.82) is 0 Å². The lowest BCUT2D eigenvalue weighted by atomic mass is 10.2. The van der Waals surface area contributed by atoms with Gasteiger partial charge in [0.05, 0.1) is 4.47 Å². The zero-order valence-electron chi connectivity index (χ0n) is 9.31. The molecule has 17 heavy (non-hydrogen) atoms. The molecule has 0 unspecified atom stereocenters. The summed E-state index contributed by atoms with van der Waals surface area (Å²) in [7, 11) is 0. The maximum absolute atomic E-state index is 13.2. The summed E-state index contributed by atoms with van der Waals surface area (Å²) >= 11 is 5.39. The summed E-state index contributed by atoms with van der Waals surface area (Å²) in [5.74, 6) is -0.631. The third kappa shape index (κ3) is 5.33. The largest absolute Gasteiger partial charge is 0.352 e. The zero-order valence-corrected chi connectivity index (χ0v) is 13.1. The highest BCUT2D eigenvalue weighted by atomic mass is 127. The highest BCUT2D eigenvalue weighted by Gasteiger charge is 2.07. The summed E-state index contributed by atoms with van der Waals surface area (Å²) in [6.45, 7) is 0.646. The van der Waals surface area contributed by atoms with Crippen molar-refractivity contribution >= 4 is 44.4 Å². The highest BCUT2D eigenvalue weighted by Crippen LogP contribution is 2.16. The van der Waals surface area contributed by atoms with Crippen molar-refractivity contribution in [2.45, 2.75) is 19.3 Å². The van der Waals surface area contributed by atoms with E-state index in [9.17, 15) is 9.18 Å². The molecule has 1 aromatic rings. The standard InChI is InChI=1S/C12H14BrFINO/c13-10-5-4-9(8-11(10)14)12(17)16-7-3-1-2-6-15/h4-5,8H,1-3,6-7H2,(H,16,17). The van der Waals surface area contributed by atoms with Crippen LogP contribution in [0, 0.1) is 5.82 Å². The van der Waals surface area contributed by atoms with Gasteiger partial charge >= 0.3 is 0 Å². The monoisotopic (exact) mass is 413 g/mol. The van der Waals surface area contributed by atoms with Crippen molar-refractivity contribution in [3.8, 4) is 0 Å². The first kappa shape index (κ1) is 14.9. The molecule has 0 fully saturated rings. The zero-order chi connectivity index (χ0) is 12.7. The molecule has 0 saturated heterocycles. The van der Waals surface area contributed by atoms with Crippen LogP contribution in [-0.2, 0) is 0 Å². The number of carbonyl (C=O) groups excluding carboxylic acids is 1. The number of carbonyl (C=O) groups is 1. The van der Waals surface area contributed by atoms with Crippen LogP contribution in [0.3, 0.4) is 0 Å². The fraction of sp³-hybridized carbons (Fsp3) is 0.417. The summed E-state index contributed by atoms with van der Waals surface area (Å²) in [5.41, 5.74) is 0.361. The van der Waals surface area contributed by atoms with Crippen LogP contribution in [0.15, 0.2) is 22.7 Å². The molecule has 1 amide bonds. The van der Waals surface area contributed by atoms with Crippen LogP contribution < -0.4 is 5.32 Å². The van der Waals surface area contributed by atoms with Crippen LogP contribution in [0.2, 0.25) is 0 Å². The number of amides is 1. The number of rotatable bonds is 6. The predicted octanol–water partition coefficient (Wildman–Crippen LogP) is 3.92. The predicted molar refractivity (Wildman–Crippen MR) is 79.2 cm³/mol. The lowest BCUT2D eigenvalue weighted by Crippen LogP contribution is -2.24. The van der Waals surface area contributed by atoms with E-state index < -0.39 is 5.82 Å². The molecule has 0 aliphatic rings. The fourth-order valence-corrected chi connectivity index (χ4v) is 2.12. The molecule has 94 valence electrons. The summed E-state index contributed by atoms with van der Waals surface area (Å²) < 4.78 is 14.7. The number of halogens is 3. The first-order valence-corrected chi connectivity index (χ1v) is 7.76. The molecule has 5 heteroatoms. The molecule has 0 radical (unpaired) electrons. The van der Waals surface area contributed by atoms with E-state index in [2.05, 4.69) is 43.8 Å². The van der Waals surface area contributed by atoms with E-state index in [1.807, 2.05) is 0 Å².